The van der Waals surface area contributed by atoms with Crippen LogP contribution in [0.15, 0.2) is 8.94 Å². The molecule has 1 atom stereocenters. The minimum atomic E-state index is 0.496. The lowest BCUT2D eigenvalue weighted by atomic mass is 10.0. The summed E-state index contributed by atoms with van der Waals surface area (Å²) >= 11 is 0. The molecule has 1 aliphatic heterocycles. The number of aryl methyl sites for hydroxylation is 2. The van der Waals surface area contributed by atoms with Gasteiger partial charge in [0.15, 0.2) is 5.82 Å². The molecule has 2 aliphatic rings. The first-order valence-electron chi connectivity index (χ1n) is 9.26. The topological polar surface area (TPSA) is 71.4 Å². The number of rotatable bonds is 6. The van der Waals surface area contributed by atoms with Gasteiger partial charge in [-0.25, -0.2) is 4.98 Å². The Morgan fingerprint density at radius 2 is 2.04 bits per heavy atom. The van der Waals surface area contributed by atoms with Crippen molar-refractivity contribution in [2.45, 2.75) is 64.6 Å². The Labute approximate surface area is 148 Å². The van der Waals surface area contributed by atoms with Crippen LogP contribution in [0.1, 0.15) is 60.7 Å². The van der Waals surface area contributed by atoms with Crippen molar-refractivity contribution < 1.29 is 8.94 Å². The maximum Gasteiger partial charge on any atom is 0.229 e. The van der Waals surface area contributed by atoms with Crippen LogP contribution in [0, 0.1) is 13.8 Å². The highest BCUT2D eigenvalue weighted by atomic mass is 16.5. The molecule has 0 bridgehead atoms. The lowest BCUT2D eigenvalue weighted by Crippen LogP contribution is -2.45. The highest BCUT2D eigenvalue weighted by molar-refractivity contribution is 5.05. The predicted molar refractivity (Wildman–Crippen MR) is 92.0 cm³/mol. The zero-order chi connectivity index (χ0) is 17.4. The molecule has 0 aromatic carbocycles. The number of oxazole rings is 1. The number of likely N-dealkylation sites (N-methyl/N-ethyl adjacent to an activating group) is 1. The summed E-state index contributed by atoms with van der Waals surface area (Å²) in [5, 5.41) is 4.16. The predicted octanol–water partition coefficient (Wildman–Crippen LogP) is 2.65. The fourth-order valence-corrected chi connectivity index (χ4v) is 3.51. The summed E-state index contributed by atoms with van der Waals surface area (Å²) in [5.74, 6) is 3.90. The molecule has 0 N–H and O–H groups in total. The Bertz CT molecular complexity index is 701. The van der Waals surface area contributed by atoms with E-state index < -0.39 is 0 Å². The molecule has 4 rings (SSSR count). The van der Waals surface area contributed by atoms with Crippen LogP contribution >= 0.6 is 0 Å². The number of hydrogen-bond donors (Lipinski definition) is 0. The Hall–Kier alpha value is -1.73. The van der Waals surface area contributed by atoms with Gasteiger partial charge >= 0.3 is 0 Å². The molecule has 2 aromatic rings. The second-order valence-corrected chi connectivity index (χ2v) is 7.52. The summed E-state index contributed by atoms with van der Waals surface area (Å²) in [6.45, 7) is 7.59. The van der Waals surface area contributed by atoms with Gasteiger partial charge in [0.25, 0.3) is 0 Å². The van der Waals surface area contributed by atoms with Gasteiger partial charge in [-0.1, -0.05) is 5.16 Å². The molecule has 2 fully saturated rings. The third kappa shape index (κ3) is 3.93. The van der Waals surface area contributed by atoms with Crippen molar-refractivity contribution in [3.63, 3.8) is 0 Å². The molecule has 0 amide bonds. The molecule has 2 aromatic heterocycles. The molecule has 3 heterocycles. The van der Waals surface area contributed by atoms with Crippen molar-refractivity contribution in [2.24, 2.45) is 0 Å². The molecule has 1 saturated heterocycles. The standard InChI is InChI=1S/C18H27N5O2/c1-12-13(2)24-17(19-12)11-22(3)15-5-4-8-23(9-15)10-16-20-18(25-21-16)14-6-7-14/h14-15H,4-11H2,1-3H3/t15-/m1/s1. The van der Waals surface area contributed by atoms with Crippen LogP contribution in [0.5, 0.6) is 0 Å². The first-order valence-corrected chi connectivity index (χ1v) is 9.26. The highest BCUT2D eigenvalue weighted by Gasteiger charge is 2.30. The van der Waals surface area contributed by atoms with Crippen LogP contribution < -0.4 is 0 Å². The molecule has 7 heteroatoms. The molecular formula is C18H27N5O2. The van der Waals surface area contributed by atoms with Crippen LogP contribution in [0.2, 0.25) is 0 Å². The van der Waals surface area contributed by atoms with E-state index in [0.717, 1.165) is 55.2 Å². The smallest absolute Gasteiger partial charge is 0.229 e. The second kappa shape index (κ2) is 6.88. The van der Waals surface area contributed by atoms with Gasteiger partial charge in [-0.2, -0.15) is 4.98 Å². The normalized spacial score (nSPS) is 22.0. The molecular weight excluding hydrogens is 318 g/mol. The van der Waals surface area contributed by atoms with E-state index in [4.69, 9.17) is 8.94 Å². The molecule has 0 unspecified atom stereocenters. The van der Waals surface area contributed by atoms with Gasteiger partial charge in [0, 0.05) is 18.5 Å². The van der Waals surface area contributed by atoms with Gasteiger partial charge in [-0.05, 0) is 53.1 Å². The summed E-state index contributed by atoms with van der Waals surface area (Å²) in [6, 6.07) is 0.496. The second-order valence-electron chi connectivity index (χ2n) is 7.52. The lowest BCUT2D eigenvalue weighted by Gasteiger charge is -2.36. The zero-order valence-electron chi connectivity index (χ0n) is 15.4. The van der Waals surface area contributed by atoms with Gasteiger partial charge < -0.3 is 8.94 Å². The van der Waals surface area contributed by atoms with Crippen molar-refractivity contribution in [1.82, 2.24) is 24.9 Å². The largest absolute Gasteiger partial charge is 0.444 e. The van der Waals surface area contributed by atoms with Crippen molar-refractivity contribution in [3.8, 4) is 0 Å². The quantitative estimate of drug-likeness (QED) is 0.797. The number of aromatic nitrogens is 3. The number of hydrogen-bond acceptors (Lipinski definition) is 7. The summed E-state index contributed by atoms with van der Waals surface area (Å²) in [7, 11) is 2.16. The monoisotopic (exact) mass is 345 g/mol. The minimum Gasteiger partial charge on any atom is -0.444 e. The summed E-state index contributed by atoms with van der Waals surface area (Å²) in [4.78, 5) is 13.8. The van der Waals surface area contributed by atoms with Gasteiger partial charge in [-0.3, -0.25) is 9.80 Å². The molecule has 0 radical (unpaired) electrons. The van der Waals surface area contributed by atoms with Crippen LogP contribution in [-0.2, 0) is 13.1 Å². The third-order valence-corrected chi connectivity index (χ3v) is 5.34. The van der Waals surface area contributed by atoms with E-state index in [0.29, 0.717) is 12.0 Å². The van der Waals surface area contributed by atoms with Gasteiger partial charge in [0.2, 0.25) is 11.8 Å². The third-order valence-electron chi connectivity index (χ3n) is 5.34. The van der Waals surface area contributed by atoms with E-state index in [1.165, 1.54) is 25.7 Å². The fourth-order valence-electron chi connectivity index (χ4n) is 3.51. The van der Waals surface area contributed by atoms with Crippen molar-refractivity contribution >= 4 is 0 Å². The first kappa shape index (κ1) is 16.7. The van der Waals surface area contributed by atoms with Crippen molar-refractivity contribution in [1.29, 1.82) is 0 Å². The molecule has 1 saturated carbocycles. The van der Waals surface area contributed by atoms with Gasteiger partial charge in [-0.15, -0.1) is 0 Å². The lowest BCUT2D eigenvalue weighted by molar-refractivity contribution is 0.0987. The molecule has 25 heavy (non-hydrogen) atoms. The van der Waals surface area contributed by atoms with Crippen LogP contribution in [0.25, 0.3) is 0 Å². The van der Waals surface area contributed by atoms with E-state index in [2.05, 4.69) is 32.0 Å². The van der Waals surface area contributed by atoms with Crippen molar-refractivity contribution in [2.75, 3.05) is 20.1 Å². The maximum atomic E-state index is 5.73. The van der Waals surface area contributed by atoms with E-state index in [9.17, 15) is 0 Å². The van der Waals surface area contributed by atoms with Crippen LogP contribution in [-0.4, -0.2) is 51.1 Å². The SMILES string of the molecule is Cc1nc(CN(C)[C@@H]2CCCN(Cc3noc(C4CC4)n3)C2)oc1C. The van der Waals surface area contributed by atoms with E-state index in [1.807, 2.05) is 13.8 Å². The number of nitrogens with zero attached hydrogens (tertiary/aromatic N) is 5. The number of likely N-dealkylation sites (tertiary alicyclic amines) is 1. The maximum absolute atomic E-state index is 5.73. The molecule has 1 aliphatic carbocycles. The Morgan fingerprint density at radius 1 is 1.20 bits per heavy atom. The van der Waals surface area contributed by atoms with Crippen LogP contribution in [0.3, 0.4) is 0 Å². The zero-order valence-corrected chi connectivity index (χ0v) is 15.4. The first-order chi connectivity index (χ1) is 12.1. The average molecular weight is 345 g/mol. The van der Waals surface area contributed by atoms with Crippen molar-refractivity contribution in [3.05, 3.63) is 29.1 Å². The highest BCUT2D eigenvalue weighted by Crippen LogP contribution is 2.38. The average Bonchev–Trinajstić information content (AvgIpc) is 3.26. The van der Waals surface area contributed by atoms with Crippen LogP contribution in [0.4, 0.5) is 0 Å². The summed E-state index contributed by atoms with van der Waals surface area (Å²) in [5.41, 5.74) is 0.984. The van der Waals surface area contributed by atoms with E-state index in [1.54, 1.807) is 0 Å². The summed E-state index contributed by atoms with van der Waals surface area (Å²) in [6.07, 6.45) is 4.77. The molecule has 0 spiro atoms. The Balaban J connectivity index is 1.33. The van der Waals surface area contributed by atoms with E-state index >= 15 is 0 Å². The van der Waals surface area contributed by atoms with E-state index in [-0.39, 0.29) is 0 Å². The molecule has 7 nitrogen and oxygen atoms in total. The van der Waals surface area contributed by atoms with Gasteiger partial charge in [0.1, 0.15) is 5.76 Å². The fraction of sp³-hybridized carbons (Fsp3) is 0.722. The Morgan fingerprint density at radius 3 is 2.76 bits per heavy atom. The Kier molecular flexibility index (Phi) is 4.60. The summed E-state index contributed by atoms with van der Waals surface area (Å²) < 4.78 is 11.1. The molecule has 136 valence electrons. The minimum absolute atomic E-state index is 0.496. The van der Waals surface area contributed by atoms with Gasteiger partial charge in [0.05, 0.1) is 18.8 Å². The number of piperidine rings is 1.